The highest BCUT2D eigenvalue weighted by Crippen LogP contribution is 2.26. The Morgan fingerprint density at radius 1 is 1.29 bits per heavy atom. The highest BCUT2D eigenvalue weighted by Gasteiger charge is 2.19. The van der Waals surface area contributed by atoms with E-state index >= 15 is 0 Å². The Kier molecular flexibility index (Phi) is 3.32. The molecule has 0 unspecified atom stereocenters. The van der Waals surface area contributed by atoms with Gasteiger partial charge >= 0.3 is 0 Å². The first-order valence-corrected chi connectivity index (χ1v) is 6.90. The minimum Gasteiger partial charge on any atom is -0.493 e. The number of fused-ring (bicyclic) bond motifs is 1. The predicted molar refractivity (Wildman–Crippen MR) is 69.6 cm³/mol. The summed E-state index contributed by atoms with van der Waals surface area (Å²) in [7, 11) is 0. The van der Waals surface area contributed by atoms with Gasteiger partial charge in [-0.15, -0.1) is 0 Å². The fourth-order valence-electron chi connectivity index (χ4n) is 2.46. The Morgan fingerprint density at radius 3 is 3.12 bits per heavy atom. The van der Waals surface area contributed by atoms with Crippen molar-refractivity contribution in [3.8, 4) is 5.75 Å². The zero-order valence-corrected chi connectivity index (χ0v) is 10.4. The van der Waals surface area contributed by atoms with Crippen molar-refractivity contribution >= 4 is 0 Å². The van der Waals surface area contributed by atoms with Gasteiger partial charge in [-0.1, -0.05) is 12.1 Å². The lowest BCUT2D eigenvalue weighted by Gasteiger charge is -2.17. The molecule has 1 aromatic rings. The number of nitrogens with one attached hydrogen (secondary N) is 1. The van der Waals surface area contributed by atoms with Crippen molar-refractivity contribution in [3.05, 3.63) is 29.3 Å². The molecule has 0 saturated heterocycles. The fourth-order valence-corrected chi connectivity index (χ4v) is 2.46. The number of hydrogen-bond donors (Lipinski definition) is 1. The molecule has 1 aromatic carbocycles. The van der Waals surface area contributed by atoms with E-state index in [1.165, 1.54) is 49.7 Å². The van der Waals surface area contributed by atoms with E-state index in [2.05, 4.69) is 23.5 Å². The normalized spacial score (nSPS) is 18.6. The summed E-state index contributed by atoms with van der Waals surface area (Å²) >= 11 is 0. The van der Waals surface area contributed by atoms with E-state index in [9.17, 15) is 0 Å². The molecule has 1 saturated carbocycles. The summed E-state index contributed by atoms with van der Waals surface area (Å²) in [5, 5.41) is 3.56. The van der Waals surface area contributed by atoms with Gasteiger partial charge in [0.15, 0.2) is 0 Å². The third-order valence-electron chi connectivity index (χ3n) is 3.63. The van der Waals surface area contributed by atoms with E-state index in [0.29, 0.717) is 0 Å². The number of benzene rings is 1. The van der Waals surface area contributed by atoms with Crippen LogP contribution in [0.5, 0.6) is 5.75 Å². The molecule has 0 aromatic heterocycles. The molecule has 0 atom stereocenters. The van der Waals surface area contributed by atoms with Crippen LogP contribution < -0.4 is 10.1 Å². The molecule has 1 N–H and O–H groups in total. The summed E-state index contributed by atoms with van der Waals surface area (Å²) in [5.41, 5.74) is 2.87. The second-order valence-corrected chi connectivity index (χ2v) is 5.23. The first kappa shape index (κ1) is 11.1. The zero-order chi connectivity index (χ0) is 11.5. The lowest BCUT2D eigenvalue weighted by atomic mass is 10.0. The Hall–Kier alpha value is -1.02. The van der Waals surface area contributed by atoms with Gasteiger partial charge in [0.1, 0.15) is 5.75 Å². The molecule has 17 heavy (non-hydrogen) atoms. The van der Waals surface area contributed by atoms with Gasteiger partial charge in [0.2, 0.25) is 0 Å². The van der Waals surface area contributed by atoms with Gasteiger partial charge in [-0.2, -0.15) is 0 Å². The van der Waals surface area contributed by atoms with E-state index in [4.69, 9.17) is 4.74 Å². The minimum absolute atomic E-state index is 0.840. The molecule has 92 valence electrons. The molecule has 1 fully saturated rings. The first-order chi connectivity index (χ1) is 8.42. The van der Waals surface area contributed by atoms with Crippen LogP contribution in [0.25, 0.3) is 0 Å². The van der Waals surface area contributed by atoms with Gasteiger partial charge in [-0.3, -0.25) is 0 Å². The predicted octanol–water partition coefficient (Wildman–Crippen LogP) is 2.70. The first-order valence-electron chi connectivity index (χ1n) is 6.90. The maximum atomic E-state index is 5.63. The topological polar surface area (TPSA) is 21.3 Å². The Balaban J connectivity index is 1.51. The summed E-state index contributed by atoms with van der Waals surface area (Å²) < 4.78 is 5.63. The Morgan fingerprint density at radius 2 is 2.24 bits per heavy atom. The second kappa shape index (κ2) is 5.09. The van der Waals surface area contributed by atoms with Gasteiger partial charge < -0.3 is 10.1 Å². The van der Waals surface area contributed by atoms with Crippen molar-refractivity contribution in [1.29, 1.82) is 0 Å². The molecule has 0 amide bonds. The number of hydrogen-bond acceptors (Lipinski definition) is 2. The molecule has 3 rings (SSSR count). The molecule has 1 aliphatic heterocycles. The fraction of sp³-hybridized carbons (Fsp3) is 0.600. The Bertz CT molecular complexity index is 385. The molecule has 2 heteroatoms. The molecule has 0 bridgehead atoms. The largest absolute Gasteiger partial charge is 0.493 e. The van der Waals surface area contributed by atoms with Crippen molar-refractivity contribution in [2.45, 2.75) is 44.6 Å². The van der Waals surface area contributed by atoms with Crippen LogP contribution in [0, 0.1) is 0 Å². The van der Waals surface area contributed by atoms with Crippen LogP contribution in [0.3, 0.4) is 0 Å². The molecule has 0 spiro atoms. The van der Waals surface area contributed by atoms with Crippen LogP contribution in [0.2, 0.25) is 0 Å². The molecular weight excluding hydrogens is 210 g/mol. The van der Waals surface area contributed by atoms with Crippen molar-refractivity contribution in [2.24, 2.45) is 0 Å². The van der Waals surface area contributed by atoms with E-state index in [1.54, 1.807) is 0 Å². The highest BCUT2D eigenvalue weighted by atomic mass is 16.5. The van der Waals surface area contributed by atoms with Gasteiger partial charge in [0.25, 0.3) is 0 Å². The van der Waals surface area contributed by atoms with Gasteiger partial charge in [0, 0.05) is 6.04 Å². The van der Waals surface area contributed by atoms with Crippen LogP contribution in [0.1, 0.15) is 36.8 Å². The van der Waals surface area contributed by atoms with E-state index in [1.807, 2.05) is 0 Å². The van der Waals surface area contributed by atoms with Gasteiger partial charge in [-0.25, -0.2) is 0 Å². The summed E-state index contributed by atoms with van der Waals surface area (Å²) in [6.07, 6.45) is 7.55. The molecule has 2 aliphatic rings. The van der Waals surface area contributed by atoms with Crippen molar-refractivity contribution in [3.63, 3.8) is 0 Å². The third-order valence-corrected chi connectivity index (χ3v) is 3.63. The van der Waals surface area contributed by atoms with Gasteiger partial charge in [-0.05, 0) is 62.3 Å². The van der Waals surface area contributed by atoms with Crippen molar-refractivity contribution in [1.82, 2.24) is 5.32 Å². The summed E-state index contributed by atoms with van der Waals surface area (Å²) in [6, 6.07) is 7.55. The van der Waals surface area contributed by atoms with E-state index in [-0.39, 0.29) is 0 Å². The molecular formula is C15H21NO. The zero-order valence-electron chi connectivity index (χ0n) is 10.4. The summed E-state index contributed by atoms with van der Waals surface area (Å²) in [5.74, 6) is 1.11. The van der Waals surface area contributed by atoms with Gasteiger partial charge in [0.05, 0.1) is 6.61 Å². The highest BCUT2D eigenvalue weighted by molar-refractivity contribution is 5.38. The molecule has 2 nitrogen and oxygen atoms in total. The average molecular weight is 231 g/mol. The van der Waals surface area contributed by atoms with Crippen LogP contribution in [0.4, 0.5) is 0 Å². The lowest BCUT2D eigenvalue weighted by molar-refractivity contribution is 0.288. The van der Waals surface area contributed by atoms with Crippen LogP contribution >= 0.6 is 0 Å². The molecule has 1 aliphatic carbocycles. The number of ether oxygens (including phenoxy) is 1. The standard InChI is InChI=1S/C15H21NO/c1(9-16-14-6-7-14)3-12-5-8-15-13(11-12)4-2-10-17-15/h5,8,11,14,16H,1-4,6-7,9-10H2. The summed E-state index contributed by atoms with van der Waals surface area (Å²) in [6.45, 7) is 2.05. The molecule has 0 radical (unpaired) electrons. The maximum Gasteiger partial charge on any atom is 0.122 e. The minimum atomic E-state index is 0.840. The van der Waals surface area contributed by atoms with Crippen molar-refractivity contribution < 1.29 is 4.74 Å². The van der Waals surface area contributed by atoms with E-state index in [0.717, 1.165) is 24.9 Å². The summed E-state index contributed by atoms with van der Waals surface area (Å²) in [4.78, 5) is 0. The van der Waals surface area contributed by atoms with Crippen LogP contribution in [-0.4, -0.2) is 19.2 Å². The monoisotopic (exact) mass is 231 g/mol. The third kappa shape index (κ3) is 3.01. The second-order valence-electron chi connectivity index (χ2n) is 5.23. The van der Waals surface area contributed by atoms with E-state index < -0.39 is 0 Å². The van der Waals surface area contributed by atoms with Crippen molar-refractivity contribution in [2.75, 3.05) is 13.2 Å². The smallest absolute Gasteiger partial charge is 0.122 e. The SMILES string of the molecule is c1cc2c(cc1CCCNC1CC1)CCCO2. The average Bonchev–Trinajstić information content (AvgIpc) is 3.18. The molecule has 1 heterocycles. The quantitative estimate of drug-likeness (QED) is 0.787. The maximum absolute atomic E-state index is 5.63. The number of aryl methyl sites for hydroxylation is 2. The van der Waals surface area contributed by atoms with Crippen LogP contribution in [0.15, 0.2) is 18.2 Å². The lowest BCUT2D eigenvalue weighted by Crippen LogP contribution is -2.17. The Labute approximate surface area is 103 Å². The van der Waals surface area contributed by atoms with Crippen LogP contribution in [-0.2, 0) is 12.8 Å². The number of rotatable bonds is 5.